The number of carbonyl (C=O) groups is 1. The Labute approximate surface area is 75.5 Å². The summed E-state index contributed by atoms with van der Waals surface area (Å²) in [5, 5.41) is 8.68. The fraction of sp³-hybridized carbons (Fsp3) is 0.625. The van der Waals surface area contributed by atoms with Crippen molar-refractivity contribution in [1.82, 2.24) is 4.90 Å². The molecule has 2 aliphatic heterocycles. The van der Waals surface area contributed by atoms with Crippen molar-refractivity contribution in [2.24, 2.45) is 0 Å². The van der Waals surface area contributed by atoms with Gasteiger partial charge in [-0.05, 0) is 6.08 Å². The highest BCUT2D eigenvalue weighted by Crippen LogP contribution is 2.36. The van der Waals surface area contributed by atoms with E-state index in [0.29, 0.717) is 12.2 Å². The van der Waals surface area contributed by atoms with Gasteiger partial charge in [0.05, 0.1) is 13.0 Å². The van der Waals surface area contributed by atoms with E-state index in [9.17, 15) is 4.79 Å². The van der Waals surface area contributed by atoms with Crippen molar-refractivity contribution in [3.8, 4) is 0 Å². The van der Waals surface area contributed by atoms with Gasteiger partial charge in [-0.3, -0.25) is 9.69 Å². The van der Waals surface area contributed by atoms with E-state index < -0.39 is 6.23 Å². The Morgan fingerprint density at radius 1 is 1.85 bits per heavy atom. The molecule has 5 heteroatoms. The average Bonchev–Trinajstić information content (AvgIpc) is 2.38. The van der Waals surface area contributed by atoms with Crippen molar-refractivity contribution < 1.29 is 19.4 Å². The van der Waals surface area contributed by atoms with Crippen LogP contribution < -0.4 is 0 Å². The van der Waals surface area contributed by atoms with E-state index >= 15 is 0 Å². The first kappa shape index (κ1) is 8.52. The maximum atomic E-state index is 11.1. The molecule has 1 N–H and O–H groups in total. The van der Waals surface area contributed by atoms with Crippen LogP contribution in [0.3, 0.4) is 0 Å². The van der Waals surface area contributed by atoms with E-state index in [0.717, 1.165) is 0 Å². The molecule has 2 fully saturated rings. The fourth-order valence-corrected chi connectivity index (χ4v) is 1.60. The summed E-state index contributed by atoms with van der Waals surface area (Å²) in [6.45, 7) is -0.107. The van der Waals surface area contributed by atoms with Crippen molar-refractivity contribution in [2.45, 2.75) is 18.9 Å². The van der Waals surface area contributed by atoms with E-state index in [-0.39, 0.29) is 18.7 Å². The number of aliphatic hydroxyl groups is 1. The summed E-state index contributed by atoms with van der Waals surface area (Å²) < 4.78 is 10.4. The topological polar surface area (TPSA) is 59.0 Å². The molecule has 72 valence electrons. The molecule has 0 spiro atoms. The molecule has 13 heavy (non-hydrogen) atoms. The Morgan fingerprint density at radius 3 is 3.15 bits per heavy atom. The van der Waals surface area contributed by atoms with Gasteiger partial charge < -0.3 is 14.6 Å². The Morgan fingerprint density at radius 2 is 2.62 bits per heavy atom. The van der Waals surface area contributed by atoms with Gasteiger partial charge in [-0.1, -0.05) is 0 Å². The molecular weight excluding hydrogens is 174 g/mol. The highest BCUT2D eigenvalue weighted by atomic mass is 16.6. The molecule has 1 amide bonds. The van der Waals surface area contributed by atoms with Gasteiger partial charge >= 0.3 is 0 Å². The van der Waals surface area contributed by atoms with Crippen molar-refractivity contribution in [3.05, 3.63) is 11.8 Å². The van der Waals surface area contributed by atoms with E-state index in [2.05, 4.69) is 0 Å². The lowest BCUT2D eigenvalue weighted by atomic mass is 10.2. The molecule has 0 saturated carbocycles. The third-order valence-corrected chi connectivity index (χ3v) is 2.23. The number of methoxy groups -OCH3 is 1. The Kier molecular flexibility index (Phi) is 1.97. The molecule has 0 bridgehead atoms. The SMILES string of the molecule is COC1/C(=C\CO)OC2CC(=O)N21. The fourth-order valence-electron chi connectivity index (χ4n) is 1.60. The minimum Gasteiger partial charge on any atom is -0.470 e. The van der Waals surface area contributed by atoms with Crippen molar-refractivity contribution in [1.29, 1.82) is 0 Å². The summed E-state index contributed by atoms with van der Waals surface area (Å²) in [4.78, 5) is 12.6. The smallest absolute Gasteiger partial charge is 0.233 e. The molecule has 0 aromatic rings. The Balaban J connectivity index is 2.17. The normalized spacial score (nSPS) is 34.5. The predicted octanol–water partition coefficient (Wildman–Crippen LogP) is -0.576. The highest BCUT2D eigenvalue weighted by Gasteiger charge is 2.50. The van der Waals surface area contributed by atoms with Gasteiger partial charge in [0, 0.05) is 7.11 Å². The van der Waals surface area contributed by atoms with Gasteiger partial charge in [0.1, 0.15) is 5.76 Å². The Bertz CT molecular complexity index is 263. The van der Waals surface area contributed by atoms with Crippen LogP contribution in [0.15, 0.2) is 11.8 Å². The van der Waals surface area contributed by atoms with Gasteiger partial charge in [-0.15, -0.1) is 0 Å². The number of aliphatic hydroxyl groups excluding tert-OH is 1. The second-order valence-electron chi connectivity index (χ2n) is 2.95. The van der Waals surface area contributed by atoms with Crippen molar-refractivity contribution in [3.63, 3.8) is 0 Å². The molecule has 0 radical (unpaired) electrons. The largest absolute Gasteiger partial charge is 0.470 e. The molecule has 2 saturated heterocycles. The van der Waals surface area contributed by atoms with E-state index in [1.165, 1.54) is 18.1 Å². The van der Waals surface area contributed by atoms with Crippen molar-refractivity contribution >= 4 is 5.91 Å². The molecule has 0 aromatic heterocycles. The summed E-state index contributed by atoms with van der Waals surface area (Å²) in [7, 11) is 1.51. The lowest BCUT2D eigenvalue weighted by Gasteiger charge is -2.33. The number of β-lactam (4-membered cyclic amide) rings is 1. The molecule has 2 heterocycles. The first-order valence-corrected chi connectivity index (χ1v) is 4.09. The summed E-state index contributed by atoms with van der Waals surface area (Å²) in [6.07, 6.45) is 1.29. The van der Waals surface area contributed by atoms with Gasteiger partial charge in [-0.25, -0.2) is 0 Å². The van der Waals surface area contributed by atoms with Crippen LogP contribution >= 0.6 is 0 Å². The maximum absolute atomic E-state index is 11.1. The Hall–Kier alpha value is -1.07. The zero-order chi connectivity index (χ0) is 9.42. The number of hydrogen-bond donors (Lipinski definition) is 1. The lowest BCUT2D eigenvalue weighted by molar-refractivity contribution is -0.165. The highest BCUT2D eigenvalue weighted by molar-refractivity contribution is 5.83. The van der Waals surface area contributed by atoms with Crippen LogP contribution in [0.4, 0.5) is 0 Å². The molecular formula is C8H11NO4. The minimum atomic E-state index is -0.446. The zero-order valence-corrected chi connectivity index (χ0v) is 7.27. The average molecular weight is 185 g/mol. The first-order chi connectivity index (χ1) is 6.27. The second-order valence-corrected chi connectivity index (χ2v) is 2.95. The number of amides is 1. The van der Waals surface area contributed by atoms with Gasteiger partial charge in [0.15, 0.2) is 12.5 Å². The number of nitrogens with zero attached hydrogens (tertiary/aromatic N) is 1. The molecule has 5 nitrogen and oxygen atoms in total. The summed E-state index contributed by atoms with van der Waals surface area (Å²) in [5.74, 6) is 0.555. The number of hydrogen-bond acceptors (Lipinski definition) is 4. The standard InChI is InChI=1S/C8H11NO4/c1-12-8-5(2-3-10)13-7-4-6(11)9(7)8/h2,7-8,10H,3-4H2,1H3/b5-2+. The van der Waals surface area contributed by atoms with Crippen LogP contribution in [0.25, 0.3) is 0 Å². The van der Waals surface area contributed by atoms with Gasteiger partial charge in [-0.2, -0.15) is 0 Å². The maximum Gasteiger partial charge on any atom is 0.233 e. The van der Waals surface area contributed by atoms with Crippen LogP contribution in [0.2, 0.25) is 0 Å². The molecule has 2 rings (SSSR count). The third kappa shape index (κ3) is 1.12. The van der Waals surface area contributed by atoms with Crippen molar-refractivity contribution in [2.75, 3.05) is 13.7 Å². The summed E-state index contributed by atoms with van der Waals surface area (Å²) in [5.41, 5.74) is 0. The second kappa shape index (κ2) is 3.01. The lowest BCUT2D eigenvalue weighted by Crippen LogP contribution is -2.53. The van der Waals surface area contributed by atoms with Crippen LogP contribution in [-0.4, -0.2) is 42.1 Å². The minimum absolute atomic E-state index is 0.0261. The molecule has 2 aliphatic rings. The quantitative estimate of drug-likeness (QED) is 0.585. The first-order valence-electron chi connectivity index (χ1n) is 4.09. The van der Waals surface area contributed by atoms with Crippen LogP contribution in [0, 0.1) is 0 Å². The zero-order valence-electron chi connectivity index (χ0n) is 7.27. The number of carbonyl (C=O) groups excluding carboxylic acids is 1. The number of ether oxygens (including phenoxy) is 2. The number of fused-ring (bicyclic) bond motifs is 1. The summed E-state index contributed by atoms with van der Waals surface area (Å²) in [6, 6.07) is 0. The van der Waals surface area contributed by atoms with E-state index in [1.54, 1.807) is 0 Å². The predicted molar refractivity (Wildman–Crippen MR) is 42.3 cm³/mol. The van der Waals surface area contributed by atoms with Crippen LogP contribution in [0.1, 0.15) is 6.42 Å². The van der Waals surface area contributed by atoms with E-state index in [4.69, 9.17) is 14.6 Å². The summed E-state index contributed by atoms with van der Waals surface area (Å²) >= 11 is 0. The van der Waals surface area contributed by atoms with Crippen LogP contribution in [-0.2, 0) is 14.3 Å². The van der Waals surface area contributed by atoms with E-state index in [1.807, 2.05) is 0 Å². The third-order valence-electron chi connectivity index (χ3n) is 2.23. The van der Waals surface area contributed by atoms with Gasteiger partial charge in [0.25, 0.3) is 0 Å². The monoisotopic (exact) mass is 185 g/mol. The van der Waals surface area contributed by atoms with Gasteiger partial charge in [0.2, 0.25) is 5.91 Å². The molecule has 2 atom stereocenters. The molecule has 0 aromatic carbocycles. The number of rotatable bonds is 2. The molecule has 2 unspecified atom stereocenters. The molecule has 0 aliphatic carbocycles. The van der Waals surface area contributed by atoms with Crippen LogP contribution in [0.5, 0.6) is 0 Å².